The lowest BCUT2D eigenvalue weighted by Crippen LogP contribution is -2.23. The first-order valence-electron chi connectivity index (χ1n) is 4.59. The van der Waals surface area contributed by atoms with E-state index in [-0.39, 0.29) is 5.91 Å². The van der Waals surface area contributed by atoms with Crippen molar-refractivity contribution in [2.45, 2.75) is 13.8 Å². The van der Waals surface area contributed by atoms with Crippen molar-refractivity contribution in [2.75, 3.05) is 23.8 Å². The topological polar surface area (TPSA) is 45.2 Å². The van der Waals surface area contributed by atoms with Crippen molar-refractivity contribution in [3.63, 3.8) is 0 Å². The van der Waals surface area contributed by atoms with Crippen molar-refractivity contribution < 1.29 is 4.79 Å². The van der Waals surface area contributed by atoms with E-state index in [9.17, 15) is 4.79 Å². The van der Waals surface area contributed by atoms with Crippen LogP contribution < -0.4 is 10.2 Å². The number of rotatable bonds is 3. The van der Waals surface area contributed by atoms with Gasteiger partial charge < -0.3 is 10.2 Å². The second-order valence-electron chi connectivity index (χ2n) is 3.01. The fraction of sp³-hybridized carbons (Fsp3) is 0.400. The molecule has 1 N–H and O–H groups in total. The molecule has 0 saturated heterocycles. The largest absolute Gasteiger partial charge is 0.385 e. The number of carbonyl (C=O) groups excluding carboxylic acids is 1. The minimum atomic E-state index is -0.0221. The molecule has 4 heteroatoms. The van der Waals surface area contributed by atoms with Gasteiger partial charge >= 0.3 is 0 Å². The zero-order chi connectivity index (χ0) is 10.6. The summed E-state index contributed by atoms with van der Waals surface area (Å²) < 4.78 is 0. The maximum Gasteiger partial charge on any atom is 0.224 e. The molecule has 0 aliphatic heterocycles. The minimum Gasteiger partial charge on any atom is -0.385 e. The fourth-order valence-corrected chi connectivity index (χ4v) is 1.08. The zero-order valence-electron chi connectivity index (χ0n) is 8.74. The molecule has 1 aromatic heterocycles. The molecule has 0 radical (unpaired) electrons. The number of hydrogen-bond acceptors (Lipinski definition) is 3. The summed E-state index contributed by atoms with van der Waals surface area (Å²) in [5.41, 5.74) is 0.977. The summed E-state index contributed by atoms with van der Waals surface area (Å²) >= 11 is 0. The SMILES string of the molecule is CCNc1ccnc(N(C)C(C)=O)c1. The molecular formula is C10H15N3O. The van der Waals surface area contributed by atoms with Crippen LogP contribution >= 0.6 is 0 Å². The smallest absolute Gasteiger partial charge is 0.224 e. The Hall–Kier alpha value is -1.58. The Balaban J connectivity index is 2.87. The van der Waals surface area contributed by atoms with E-state index < -0.39 is 0 Å². The first-order valence-corrected chi connectivity index (χ1v) is 4.59. The predicted molar refractivity (Wildman–Crippen MR) is 57.5 cm³/mol. The molecular weight excluding hydrogens is 178 g/mol. The zero-order valence-corrected chi connectivity index (χ0v) is 8.74. The van der Waals surface area contributed by atoms with Gasteiger partial charge in [-0.3, -0.25) is 4.79 Å². The summed E-state index contributed by atoms with van der Waals surface area (Å²) in [5.74, 6) is 0.641. The normalized spacial score (nSPS) is 9.64. The van der Waals surface area contributed by atoms with Crippen LogP contribution in [0.5, 0.6) is 0 Å². The van der Waals surface area contributed by atoms with Gasteiger partial charge in [0.1, 0.15) is 5.82 Å². The number of nitrogens with zero attached hydrogens (tertiary/aromatic N) is 2. The highest BCUT2D eigenvalue weighted by Gasteiger charge is 2.06. The van der Waals surface area contributed by atoms with Crippen molar-refractivity contribution in [3.05, 3.63) is 18.3 Å². The summed E-state index contributed by atoms with van der Waals surface area (Å²) in [7, 11) is 1.71. The Morgan fingerprint density at radius 1 is 1.64 bits per heavy atom. The third-order valence-electron chi connectivity index (χ3n) is 1.94. The average Bonchev–Trinajstić information content (AvgIpc) is 2.17. The number of pyridine rings is 1. The molecule has 0 saturated carbocycles. The van der Waals surface area contributed by atoms with Crippen molar-refractivity contribution in [1.29, 1.82) is 0 Å². The molecule has 0 aliphatic carbocycles. The highest BCUT2D eigenvalue weighted by Crippen LogP contribution is 2.14. The van der Waals surface area contributed by atoms with Gasteiger partial charge in [0.05, 0.1) is 0 Å². The molecule has 0 bridgehead atoms. The quantitative estimate of drug-likeness (QED) is 0.791. The van der Waals surface area contributed by atoms with E-state index in [1.807, 2.05) is 19.1 Å². The van der Waals surface area contributed by atoms with E-state index in [4.69, 9.17) is 0 Å². The maximum atomic E-state index is 11.1. The van der Waals surface area contributed by atoms with Crippen molar-refractivity contribution in [2.24, 2.45) is 0 Å². The van der Waals surface area contributed by atoms with Gasteiger partial charge in [-0.15, -0.1) is 0 Å². The standard InChI is InChI=1S/C10H15N3O/c1-4-11-9-5-6-12-10(7-9)13(3)8(2)14/h5-7H,4H2,1-3H3,(H,11,12). The van der Waals surface area contributed by atoms with Gasteiger partial charge in [0.25, 0.3) is 0 Å². The van der Waals surface area contributed by atoms with Crippen LogP contribution in [0.15, 0.2) is 18.3 Å². The Bertz CT molecular complexity index is 325. The summed E-state index contributed by atoms with van der Waals surface area (Å²) in [6, 6.07) is 3.73. The van der Waals surface area contributed by atoms with E-state index in [1.54, 1.807) is 13.2 Å². The predicted octanol–water partition coefficient (Wildman–Crippen LogP) is 1.50. The second kappa shape index (κ2) is 4.60. The maximum absolute atomic E-state index is 11.1. The molecule has 0 fully saturated rings. The Morgan fingerprint density at radius 3 is 2.93 bits per heavy atom. The van der Waals surface area contributed by atoms with Crippen LogP contribution in [0, 0.1) is 0 Å². The monoisotopic (exact) mass is 193 g/mol. The van der Waals surface area contributed by atoms with Gasteiger partial charge in [-0.1, -0.05) is 0 Å². The molecule has 4 nitrogen and oxygen atoms in total. The second-order valence-corrected chi connectivity index (χ2v) is 3.01. The van der Waals surface area contributed by atoms with Crippen LogP contribution in [-0.2, 0) is 4.79 Å². The molecule has 0 unspecified atom stereocenters. The van der Waals surface area contributed by atoms with Crippen molar-refractivity contribution >= 4 is 17.4 Å². The van der Waals surface area contributed by atoms with Crippen LogP contribution in [0.2, 0.25) is 0 Å². The molecule has 1 heterocycles. The van der Waals surface area contributed by atoms with Gasteiger partial charge in [-0.2, -0.15) is 0 Å². The lowest BCUT2D eigenvalue weighted by Gasteiger charge is -2.14. The van der Waals surface area contributed by atoms with Crippen molar-refractivity contribution in [3.8, 4) is 0 Å². The van der Waals surface area contributed by atoms with Gasteiger partial charge in [-0.25, -0.2) is 4.98 Å². The van der Waals surface area contributed by atoms with Crippen molar-refractivity contribution in [1.82, 2.24) is 4.98 Å². The number of carbonyl (C=O) groups is 1. The van der Waals surface area contributed by atoms with E-state index in [1.165, 1.54) is 11.8 Å². The van der Waals surface area contributed by atoms with Gasteiger partial charge in [0.2, 0.25) is 5.91 Å². The molecule has 76 valence electrons. The number of nitrogens with one attached hydrogen (secondary N) is 1. The highest BCUT2D eigenvalue weighted by molar-refractivity contribution is 5.90. The third-order valence-corrected chi connectivity index (χ3v) is 1.94. The number of anilines is 2. The number of hydrogen-bond donors (Lipinski definition) is 1. The van der Waals surface area contributed by atoms with Crippen LogP contribution in [0.3, 0.4) is 0 Å². The van der Waals surface area contributed by atoms with E-state index in [2.05, 4.69) is 10.3 Å². The van der Waals surface area contributed by atoms with Crippen LogP contribution in [0.1, 0.15) is 13.8 Å². The van der Waals surface area contributed by atoms with Gasteiger partial charge in [0, 0.05) is 38.5 Å². The van der Waals surface area contributed by atoms with Crippen LogP contribution in [0.4, 0.5) is 11.5 Å². The number of amides is 1. The van der Waals surface area contributed by atoms with Crippen LogP contribution in [-0.4, -0.2) is 24.5 Å². The first kappa shape index (κ1) is 10.5. The summed E-state index contributed by atoms with van der Waals surface area (Å²) in [4.78, 5) is 16.7. The van der Waals surface area contributed by atoms with E-state index in [0.717, 1.165) is 12.2 Å². The minimum absolute atomic E-state index is 0.0221. The molecule has 0 spiro atoms. The van der Waals surface area contributed by atoms with Gasteiger partial charge in [0.15, 0.2) is 0 Å². The lowest BCUT2D eigenvalue weighted by atomic mass is 10.3. The summed E-state index contributed by atoms with van der Waals surface area (Å²) in [6.45, 7) is 4.39. The summed E-state index contributed by atoms with van der Waals surface area (Å²) in [5, 5.41) is 3.16. The van der Waals surface area contributed by atoms with E-state index in [0.29, 0.717) is 5.82 Å². The first-order chi connectivity index (χ1) is 6.65. The van der Waals surface area contributed by atoms with Gasteiger partial charge in [-0.05, 0) is 13.0 Å². The Labute approximate surface area is 83.9 Å². The molecule has 0 aromatic carbocycles. The molecule has 1 aromatic rings. The van der Waals surface area contributed by atoms with Crippen LogP contribution in [0.25, 0.3) is 0 Å². The van der Waals surface area contributed by atoms with E-state index >= 15 is 0 Å². The number of aromatic nitrogens is 1. The molecule has 1 amide bonds. The molecule has 0 atom stereocenters. The third kappa shape index (κ3) is 2.45. The fourth-order valence-electron chi connectivity index (χ4n) is 1.08. The molecule has 14 heavy (non-hydrogen) atoms. The summed E-state index contributed by atoms with van der Waals surface area (Å²) in [6.07, 6.45) is 1.69. The lowest BCUT2D eigenvalue weighted by molar-refractivity contribution is -0.116. The highest BCUT2D eigenvalue weighted by atomic mass is 16.2. The average molecular weight is 193 g/mol. The molecule has 1 rings (SSSR count). The Kier molecular flexibility index (Phi) is 3.45. The molecule has 0 aliphatic rings. The Morgan fingerprint density at radius 2 is 2.36 bits per heavy atom.